The van der Waals surface area contributed by atoms with Gasteiger partial charge < -0.3 is 15.4 Å². The van der Waals surface area contributed by atoms with E-state index in [1.807, 2.05) is 13.0 Å². The Morgan fingerprint density at radius 2 is 2.12 bits per heavy atom. The lowest BCUT2D eigenvalue weighted by Crippen LogP contribution is -2.44. The summed E-state index contributed by atoms with van der Waals surface area (Å²) in [4.78, 5) is 16.2. The van der Waals surface area contributed by atoms with Crippen LogP contribution in [0.5, 0.6) is 0 Å². The third-order valence-corrected chi connectivity index (χ3v) is 4.55. The number of aliphatic imine (C=N–C) groups is 1. The van der Waals surface area contributed by atoms with Gasteiger partial charge in [-0.25, -0.2) is 4.99 Å². The van der Waals surface area contributed by atoms with E-state index in [4.69, 9.17) is 4.74 Å². The van der Waals surface area contributed by atoms with Crippen molar-refractivity contribution in [1.29, 1.82) is 0 Å². The number of hydrogen-bond acceptors (Lipinski definition) is 5. The normalized spacial score (nSPS) is 12.6. The maximum Gasteiger partial charge on any atom is 0.269 e. The summed E-state index contributed by atoms with van der Waals surface area (Å²) < 4.78 is 5.16. The van der Waals surface area contributed by atoms with Gasteiger partial charge in [-0.1, -0.05) is 18.2 Å². The maximum absolute atomic E-state index is 10.7. The van der Waals surface area contributed by atoms with Gasteiger partial charge in [0.05, 0.1) is 18.1 Å². The van der Waals surface area contributed by atoms with Crippen LogP contribution >= 0.6 is 11.3 Å². The fourth-order valence-corrected chi connectivity index (χ4v) is 3.04. The van der Waals surface area contributed by atoms with Crippen LogP contribution in [-0.4, -0.2) is 37.2 Å². The quantitative estimate of drug-likeness (QED) is 0.304. The molecule has 26 heavy (non-hydrogen) atoms. The number of thiophene rings is 1. The molecule has 1 aromatic heterocycles. The van der Waals surface area contributed by atoms with Gasteiger partial charge in [-0.2, -0.15) is 0 Å². The molecular weight excluding hydrogens is 352 g/mol. The number of nitro benzene ring substituents is 1. The minimum Gasteiger partial charge on any atom is -0.383 e. The highest BCUT2D eigenvalue weighted by atomic mass is 32.1. The number of guanidine groups is 1. The predicted octanol–water partition coefficient (Wildman–Crippen LogP) is 2.97. The van der Waals surface area contributed by atoms with E-state index in [0.29, 0.717) is 19.1 Å². The van der Waals surface area contributed by atoms with Gasteiger partial charge in [0.2, 0.25) is 0 Å². The van der Waals surface area contributed by atoms with Crippen molar-refractivity contribution in [3.63, 3.8) is 0 Å². The van der Waals surface area contributed by atoms with Crippen LogP contribution in [0, 0.1) is 10.1 Å². The van der Waals surface area contributed by atoms with Gasteiger partial charge in [-0.3, -0.25) is 10.1 Å². The molecule has 0 saturated carbocycles. The summed E-state index contributed by atoms with van der Waals surface area (Å²) in [5.74, 6) is 0.699. The number of nitrogens with zero attached hydrogens (tertiary/aromatic N) is 2. The lowest BCUT2D eigenvalue weighted by Gasteiger charge is -2.17. The highest BCUT2D eigenvalue weighted by Crippen LogP contribution is 2.12. The van der Waals surface area contributed by atoms with Gasteiger partial charge in [0.15, 0.2) is 5.96 Å². The summed E-state index contributed by atoms with van der Waals surface area (Å²) in [7, 11) is 1.66. The molecule has 2 rings (SSSR count). The number of methoxy groups -OCH3 is 1. The zero-order valence-electron chi connectivity index (χ0n) is 15.0. The van der Waals surface area contributed by atoms with Crippen molar-refractivity contribution in [2.24, 2.45) is 4.99 Å². The van der Waals surface area contributed by atoms with E-state index in [-0.39, 0.29) is 11.7 Å². The molecule has 0 spiro atoms. The van der Waals surface area contributed by atoms with Gasteiger partial charge in [0, 0.05) is 36.7 Å². The van der Waals surface area contributed by atoms with E-state index >= 15 is 0 Å². The average Bonchev–Trinajstić information content (AvgIpc) is 3.13. The first-order valence-electron chi connectivity index (χ1n) is 8.38. The Labute approximate surface area is 157 Å². The smallest absolute Gasteiger partial charge is 0.269 e. The zero-order valence-corrected chi connectivity index (χ0v) is 15.8. The maximum atomic E-state index is 10.7. The largest absolute Gasteiger partial charge is 0.383 e. The van der Waals surface area contributed by atoms with E-state index in [1.54, 1.807) is 30.6 Å². The number of nitrogens with one attached hydrogen (secondary N) is 2. The summed E-state index contributed by atoms with van der Waals surface area (Å²) in [6.45, 7) is 3.80. The van der Waals surface area contributed by atoms with Crippen molar-refractivity contribution in [3.05, 3.63) is 62.3 Å². The van der Waals surface area contributed by atoms with Gasteiger partial charge in [0.25, 0.3) is 5.69 Å². The molecule has 0 fully saturated rings. The Kier molecular flexibility index (Phi) is 8.04. The van der Waals surface area contributed by atoms with Crippen molar-refractivity contribution in [2.45, 2.75) is 25.9 Å². The van der Waals surface area contributed by atoms with Crippen LogP contribution in [0.4, 0.5) is 5.69 Å². The Morgan fingerprint density at radius 1 is 1.35 bits per heavy atom. The molecule has 1 unspecified atom stereocenters. The fourth-order valence-electron chi connectivity index (χ4n) is 2.33. The minimum atomic E-state index is -0.404. The first-order chi connectivity index (χ1) is 12.6. The third-order valence-electron chi connectivity index (χ3n) is 3.61. The second-order valence-corrected chi connectivity index (χ2v) is 6.88. The first-order valence-corrected chi connectivity index (χ1v) is 9.26. The first kappa shape index (κ1) is 19.9. The molecule has 0 amide bonds. The molecule has 0 radical (unpaired) electrons. The molecule has 0 aliphatic heterocycles. The Hall–Kier alpha value is -2.45. The van der Waals surface area contributed by atoms with Crippen molar-refractivity contribution in [2.75, 3.05) is 20.3 Å². The molecule has 0 saturated heterocycles. The molecule has 140 valence electrons. The molecule has 7 nitrogen and oxygen atoms in total. The SMILES string of the molecule is COCC(C)NC(=NCc1ccc([N+](=O)[O-])cc1)NCCc1cccs1. The van der Waals surface area contributed by atoms with Crippen molar-refractivity contribution >= 4 is 23.0 Å². The number of ether oxygens (including phenoxy) is 1. The van der Waals surface area contributed by atoms with Gasteiger partial charge in [0.1, 0.15) is 0 Å². The number of non-ortho nitro benzene ring substituents is 1. The van der Waals surface area contributed by atoms with E-state index in [0.717, 1.165) is 18.5 Å². The molecule has 2 N–H and O–H groups in total. The lowest BCUT2D eigenvalue weighted by atomic mass is 10.2. The minimum absolute atomic E-state index is 0.0823. The number of rotatable bonds is 9. The monoisotopic (exact) mass is 376 g/mol. The summed E-state index contributed by atoms with van der Waals surface area (Å²) in [6.07, 6.45) is 0.925. The van der Waals surface area contributed by atoms with Crippen LogP contribution in [0.1, 0.15) is 17.4 Å². The van der Waals surface area contributed by atoms with Crippen LogP contribution < -0.4 is 10.6 Å². The van der Waals surface area contributed by atoms with E-state index in [9.17, 15) is 10.1 Å². The number of nitro groups is 1. The average molecular weight is 376 g/mol. The summed E-state index contributed by atoms with van der Waals surface area (Å²) in [6, 6.07) is 10.7. The summed E-state index contributed by atoms with van der Waals surface area (Å²) in [5.41, 5.74) is 0.994. The van der Waals surface area contributed by atoms with Gasteiger partial charge in [-0.05, 0) is 30.4 Å². The Balaban J connectivity index is 1.95. The molecule has 0 bridgehead atoms. The van der Waals surface area contributed by atoms with Crippen molar-refractivity contribution in [3.8, 4) is 0 Å². The second kappa shape index (κ2) is 10.5. The standard InChI is InChI=1S/C18H24N4O3S/c1-14(13-25-2)21-18(19-10-9-17-4-3-11-26-17)20-12-15-5-7-16(8-6-15)22(23)24/h3-8,11,14H,9-10,12-13H2,1-2H3,(H2,19,20,21). The van der Waals surface area contributed by atoms with Crippen LogP contribution in [0.2, 0.25) is 0 Å². The van der Waals surface area contributed by atoms with Crippen LogP contribution in [0.15, 0.2) is 46.8 Å². The number of benzene rings is 1. The van der Waals surface area contributed by atoms with E-state index in [2.05, 4.69) is 27.1 Å². The Bertz CT molecular complexity index is 702. The van der Waals surface area contributed by atoms with Crippen LogP contribution in [0.3, 0.4) is 0 Å². The predicted molar refractivity (Wildman–Crippen MR) is 105 cm³/mol. The fraction of sp³-hybridized carbons (Fsp3) is 0.389. The topological polar surface area (TPSA) is 88.8 Å². The second-order valence-electron chi connectivity index (χ2n) is 5.85. The van der Waals surface area contributed by atoms with E-state index < -0.39 is 4.92 Å². The molecular formula is C18H24N4O3S. The third kappa shape index (κ3) is 6.81. The molecule has 2 aromatic rings. The van der Waals surface area contributed by atoms with Gasteiger partial charge >= 0.3 is 0 Å². The molecule has 8 heteroatoms. The summed E-state index contributed by atoms with van der Waals surface area (Å²) in [5, 5.41) is 19.4. The summed E-state index contributed by atoms with van der Waals surface area (Å²) >= 11 is 1.74. The Morgan fingerprint density at radius 3 is 2.73 bits per heavy atom. The van der Waals surface area contributed by atoms with Crippen molar-refractivity contribution < 1.29 is 9.66 Å². The van der Waals surface area contributed by atoms with E-state index in [1.165, 1.54) is 17.0 Å². The van der Waals surface area contributed by atoms with Crippen LogP contribution in [-0.2, 0) is 17.7 Å². The van der Waals surface area contributed by atoms with Crippen molar-refractivity contribution in [1.82, 2.24) is 10.6 Å². The molecule has 1 aromatic carbocycles. The highest BCUT2D eigenvalue weighted by Gasteiger charge is 2.07. The van der Waals surface area contributed by atoms with Gasteiger partial charge in [-0.15, -0.1) is 11.3 Å². The van der Waals surface area contributed by atoms with Crippen LogP contribution in [0.25, 0.3) is 0 Å². The number of hydrogen-bond donors (Lipinski definition) is 2. The molecule has 0 aliphatic carbocycles. The zero-order chi connectivity index (χ0) is 18.8. The highest BCUT2D eigenvalue weighted by molar-refractivity contribution is 7.09. The molecule has 1 atom stereocenters. The molecule has 0 aliphatic rings. The molecule has 1 heterocycles. The lowest BCUT2D eigenvalue weighted by molar-refractivity contribution is -0.384.